The van der Waals surface area contributed by atoms with Gasteiger partial charge in [0.15, 0.2) is 5.84 Å². The van der Waals surface area contributed by atoms with E-state index in [0.717, 1.165) is 11.4 Å². The Bertz CT molecular complexity index is 345. The molecule has 0 unspecified atom stereocenters. The number of rotatable bonds is 1. The van der Waals surface area contributed by atoms with Crippen molar-refractivity contribution in [3.05, 3.63) is 35.4 Å². The molecule has 0 aromatic heterocycles. The Morgan fingerprint density at radius 3 is 2.69 bits per heavy atom. The molecule has 0 radical (unpaired) electrons. The number of nitrogens with one attached hydrogen (secondary N) is 2. The first kappa shape index (κ1) is 8.07. The van der Waals surface area contributed by atoms with Gasteiger partial charge in [-0.2, -0.15) is 0 Å². The number of hydrazone groups is 1. The van der Waals surface area contributed by atoms with Crippen LogP contribution in [-0.2, 0) is 0 Å². The summed E-state index contributed by atoms with van der Waals surface area (Å²) in [6, 6.07) is 8.14. The zero-order valence-electron chi connectivity index (χ0n) is 7.70. The Morgan fingerprint density at radius 2 is 2.08 bits per heavy atom. The molecule has 0 saturated heterocycles. The third-order valence-corrected chi connectivity index (χ3v) is 1.99. The molecular weight excluding hydrogens is 164 g/mol. The quantitative estimate of drug-likeness (QED) is 0.658. The van der Waals surface area contributed by atoms with E-state index in [2.05, 4.69) is 29.1 Å². The molecule has 68 valence electrons. The molecule has 0 amide bonds. The summed E-state index contributed by atoms with van der Waals surface area (Å²) in [6.07, 6.45) is 0. The van der Waals surface area contributed by atoms with E-state index < -0.39 is 0 Å². The second-order valence-electron chi connectivity index (χ2n) is 3.05. The van der Waals surface area contributed by atoms with Crippen molar-refractivity contribution in [3.63, 3.8) is 0 Å². The van der Waals surface area contributed by atoms with Crippen LogP contribution in [0.3, 0.4) is 0 Å². The van der Waals surface area contributed by atoms with Gasteiger partial charge in [-0.05, 0) is 12.5 Å². The van der Waals surface area contributed by atoms with Gasteiger partial charge in [0.05, 0.1) is 0 Å². The molecule has 0 spiro atoms. The van der Waals surface area contributed by atoms with Crippen molar-refractivity contribution in [2.75, 3.05) is 7.05 Å². The van der Waals surface area contributed by atoms with Crippen LogP contribution >= 0.6 is 0 Å². The third kappa shape index (κ3) is 1.48. The van der Waals surface area contributed by atoms with Crippen molar-refractivity contribution < 1.29 is 0 Å². The van der Waals surface area contributed by atoms with E-state index in [4.69, 9.17) is 0 Å². The van der Waals surface area contributed by atoms with Crippen LogP contribution in [0.15, 0.2) is 29.4 Å². The molecule has 1 heterocycles. The zero-order chi connectivity index (χ0) is 9.26. The van der Waals surface area contributed by atoms with Gasteiger partial charge in [0, 0.05) is 12.6 Å². The third-order valence-electron chi connectivity index (χ3n) is 1.99. The Hall–Kier alpha value is -1.55. The van der Waals surface area contributed by atoms with Crippen molar-refractivity contribution in [1.29, 1.82) is 0 Å². The van der Waals surface area contributed by atoms with Crippen LogP contribution in [-0.4, -0.2) is 18.0 Å². The fourth-order valence-corrected chi connectivity index (χ4v) is 1.29. The summed E-state index contributed by atoms with van der Waals surface area (Å²) in [7, 11) is 1.87. The minimum Gasteiger partial charge on any atom is -0.282 e. The summed E-state index contributed by atoms with van der Waals surface area (Å²) in [5.41, 5.74) is 8.23. The molecule has 2 N–H and O–H groups in total. The van der Waals surface area contributed by atoms with Gasteiger partial charge in [0.1, 0.15) is 0 Å². The van der Waals surface area contributed by atoms with Gasteiger partial charge in [-0.1, -0.05) is 24.3 Å². The van der Waals surface area contributed by atoms with Crippen LogP contribution in [0, 0.1) is 6.92 Å². The summed E-state index contributed by atoms with van der Waals surface area (Å²) < 4.78 is 0. The van der Waals surface area contributed by atoms with Gasteiger partial charge in [0.2, 0.25) is 0 Å². The van der Waals surface area contributed by atoms with Crippen molar-refractivity contribution in [2.45, 2.75) is 6.92 Å². The molecule has 1 aliphatic heterocycles. The summed E-state index contributed by atoms with van der Waals surface area (Å²) in [5.74, 6) is 0.862. The lowest BCUT2D eigenvalue weighted by atomic mass is 10.1. The second kappa shape index (κ2) is 3.06. The minimum absolute atomic E-state index is 0.862. The molecule has 13 heavy (non-hydrogen) atoms. The van der Waals surface area contributed by atoms with Gasteiger partial charge in [0.25, 0.3) is 0 Å². The number of hydrogen-bond acceptors (Lipinski definition) is 4. The van der Waals surface area contributed by atoms with E-state index >= 15 is 0 Å². The first-order chi connectivity index (χ1) is 6.27. The maximum Gasteiger partial charge on any atom is 0.170 e. The van der Waals surface area contributed by atoms with Crippen LogP contribution in [0.4, 0.5) is 0 Å². The lowest BCUT2D eigenvalue weighted by Gasteiger charge is -2.09. The fourth-order valence-electron chi connectivity index (χ4n) is 1.29. The smallest absolute Gasteiger partial charge is 0.170 e. The predicted octanol–water partition coefficient (Wildman–Crippen LogP) is 0.611. The standard InChI is InChI=1S/C9H12N4/c1-7-5-3-4-6-8(7)9-10-12-13(2)11-9/h3-6,12H,1-2H3,(H,10,11). The SMILES string of the molecule is Cc1ccccc1C1=NNN(C)N1. The summed E-state index contributed by atoms with van der Waals surface area (Å²) in [6.45, 7) is 2.07. The lowest BCUT2D eigenvalue weighted by molar-refractivity contribution is 0.232. The Kier molecular flexibility index (Phi) is 1.90. The number of benzene rings is 1. The normalized spacial score (nSPS) is 16.3. The van der Waals surface area contributed by atoms with Crippen LogP contribution < -0.4 is 11.0 Å². The predicted molar refractivity (Wildman–Crippen MR) is 51.8 cm³/mol. The van der Waals surface area contributed by atoms with Crippen LogP contribution in [0.5, 0.6) is 0 Å². The molecule has 0 fully saturated rings. The number of amidine groups is 1. The van der Waals surface area contributed by atoms with E-state index in [9.17, 15) is 0 Å². The van der Waals surface area contributed by atoms with Crippen LogP contribution in [0.2, 0.25) is 0 Å². The maximum atomic E-state index is 4.13. The van der Waals surface area contributed by atoms with Crippen LogP contribution in [0.1, 0.15) is 11.1 Å². The molecule has 1 aromatic carbocycles. The summed E-state index contributed by atoms with van der Waals surface area (Å²) in [5, 5.41) is 5.84. The van der Waals surface area contributed by atoms with E-state index in [1.165, 1.54) is 5.56 Å². The van der Waals surface area contributed by atoms with E-state index in [0.29, 0.717) is 0 Å². The molecule has 1 aromatic rings. The van der Waals surface area contributed by atoms with Crippen molar-refractivity contribution in [1.82, 2.24) is 16.1 Å². The Labute approximate surface area is 77.2 Å². The van der Waals surface area contributed by atoms with Gasteiger partial charge < -0.3 is 0 Å². The zero-order valence-corrected chi connectivity index (χ0v) is 7.70. The highest BCUT2D eigenvalue weighted by molar-refractivity contribution is 6.00. The van der Waals surface area contributed by atoms with E-state index in [-0.39, 0.29) is 0 Å². The van der Waals surface area contributed by atoms with Crippen molar-refractivity contribution in [3.8, 4) is 0 Å². The monoisotopic (exact) mass is 176 g/mol. The molecule has 0 bridgehead atoms. The average Bonchev–Trinajstić information content (AvgIpc) is 2.53. The topological polar surface area (TPSA) is 39.7 Å². The highest BCUT2D eigenvalue weighted by Crippen LogP contribution is 2.08. The van der Waals surface area contributed by atoms with Gasteiger partial charge in [-0.15, -0.1) is 10.2 Å². The second-order valence-corrected chi connectivity index (χ2v) is 3.05. The lowest BCUT2D eigenvalue weighted by Crippen LogP contribution is -2.37. The largest absolute Gasteiger partial charge is 0.282 e. The molecule has 4 heteroatoms. The van der Waals surface area contributed by atoms with Gasteiger partial charge in [-0.25, -0.2) is 5.53 Å². The molecule has 2 rings (SSSR count). The number of hydrogen-bond donors (Lipinski definition) is 2. The average molecular weight is 176 g/mol. The fraction of sp³-hybridized carbons (Fsp3) is 0.222. The first-order valence-corrected chi connectivity index (χ1v) is 4.17. The summed E-state index contributed by atoms with van der Waals surface area (Å²) >= 11 is 0. The summed E-state index contributed by atoms with van der Waals surface area (Å²) in [4.78, 5) is 0. The van der Waals surface area contributed by atoms with Gasteiger partial charge in [-0.3, -0.25) is 5.43 Å². The molecule has 4 nitrogen and oxygen atoms in total. The number of aryl methyl sites for hydroxylation is 1. The Balaban J connectivity index is 2.31. The molecular formula is C9H12N4. The minimum atomic E-state index is 0.862. The van der Waals surface area contributed by atoms with E-state index in [1.54, 1.807) is 5.12 Å². The van der Waals surface area contributed by atoms with Crippen LogP contribution in [0.25, 0.3) is 0 Å². The van der Waals surface area contributed by atoms with Crippen molar-refractivity contribution >= 4 is 5.84 Å². The molecule has 0 aliphatic carbocycles. The number of hydrazine groups is 2. The highest BCUT2D eigenvalue weighted by Gasteiger charge is 2.12. The van der Waals surface area contributed by atoms with Gasteiger partial charge >= 0.3 is 0 Å². The molecule has 0 saturated carbocycles. The maximum absolute atomic E-state index is 4.13. The molecule has 0 atom stereocenters. The van der Waals surface area contributed by atoms with Crippen molar-refractivity contribution in [2.24, 2.45) is 5.10 Å². The Morgan fingerprint density at radius 1 is 1.31 bits per heavy atom. The van der Waals surface area contributed by atoms with E-state index in [1.807, 2.05) is 25.2 Å². The number of nitrogens with zero attached hydrogens (tertiary/aromatic N) is 2. The highest BCUT2D eigenvalue weighted by atomic mass is 15.9. The molecule has 1 aliphatic rings. The first-order valence-electron chi connectivity index (χ1n) is 4.17.